The lowest BCUT2D eigenvalue weighted by atomic mass is 10.1. The minimum absolute atomic E-state index is 0.113. The third kappa shape index (κ3) is 4.65. The molecule has 0 bridgehead atoms. The summed E-state index contributed by atoms with van der Waals surface area (Å²) in [6.07, 6.45) is 9.53. The molecule has 0 heterocycles. The highest BCUT2D eigenvalue weighted by molar-refractivity contribution is 5.79. The maximum atomic E-state index is 11.2. The van der Waals surface area contributed by atoms with Gasteiger partial charge >= 0.3 is 0 Å². The largest absolute Gasteiger partial charge is 0.368 e. The first-order chi connectivity index (χ1) is 7.24. The van der Waals surface area contributed by atoms with Gasteiger partial charge in [0.05, 0.1) is 6.04 Å². The summed E-state index contributed by atoms with van der Waals surface area (Å²) in [7, 11) is 0. The van der Waals surface area contributed by atoms with Gasteiger partial charge in [0, 0.05) is 6.04 Å². The van der Waals surface area contributed by atoms with Gasteiger partial charge in [0.15, 0.2) is 0 Å². The molecule has 0 aromatic carbocycles. The summed E-state index contributed by atoms with van der Waals surface area (Å²) in [6.45, 7) is 2.09. The first-order valence-electron chi connectivity index (χ1n) is 6.29. The van der Waals surface area contributed by atoms with Gasteiger partial charge in [0.1, 0.15) is 0 Å². The van der Waals surface area contributed by atoms with Gasteiger partial charge in [-0.2, -0.15) is 0 Å². The molecule has 0 radical (unpaired) electrons. The maximum Gasteiger partial charge on any atom is 0.234 e. The Labute approximate surface area is 92.8 Å². The van der Waals surface area contributed by atoms with Crippen molar-refractivity contribution in [2.75, 3.05) is 0 Å². The standard InChI is InChI=1S/C12H24N2O/c1-2-7-11(12(13)15)14-10-8-5-3-4-6-9-10/h10-11,14H,2-9H2,1H3,(H2,13,15). The lowest BCUT2D eigenvalue weighted by Gasteiger charge is -2.22. The minimum Gasteiger partial charge on any atom is -0.368 e. The lowest BCUT2D eigenvalue weighted by molar-refractivity contribution is -0.120. The summed E-state index contributed by atoms with van der Waals surface area (Å²) in [5.74, 6) is -0.193. The van der Waals surface area contributed by atoms with Crippen molar-refractivity contribution in [2.24, 2.45) is 5.73 Å². The van der Waals surface area contributed by atoms with Crippen LogP contribution in [0.4, 0.5) is 0 Å². The van der Waals surface area contributed by atoms with Gasteiger partial charge in [0.2, 0.25) is 5.91 Å². The molecule has 3 nitrogen and oxygen atoms in total. The normalized spacial score (nSPS) is 20.9. The highest BCUT2D eigenvalue weighted by Crippen LogP contribution is 2.18. The topological polar surface area (TPSA) is 55.1 Å². The number of carbonyl (C=O) groups excluding carboxylic acids is 1. The molecule has 1 aliphatic carbocycles. The minimum atomic E-state index is -0.193. The van der Waals surface area contributed by atoms with E-state index < -0.39 is 0 Å². The van der Waals surface area contributed by atoms with Gasteiger partial charge in [-0.3, -0.25) is 4.79 Å². The van der Waals surface area contributed by atoms with E-state index in [1.54, 1.807) is 0 Å². The van der Waals surface area contributed by atoms with Gasteiger partial charge in [-0.05, 0) is 19.3 Å². The molecular formula is C12H24N2O. The summed E-state index contributed by atoms with van der Waals surface area (Å²) in [5, 5.41) is 3.42. The molecule has 1 fully saturated rings. The third-order valence-corrected chi connectivity index (χ3v) is 3.21. The SMILES string of the molecule is CCCC(NC1CCCCCC1)C(N)=O. The first-order valence-corrected chi connectivity index (χ1v) is 6.29. The van der Waals surface area contributed by atoms with Crippen molar-refractivity contribution < 1.29 is 4.79 Å². The van der Waals surface area contributed by atoms with Crippen LogP contribution in [-0.4, -0.2) is 18.0 Å². The Kier molecular flexibility index (Phi) is 5.69. The number of hydrogen-bond acceptors (Lipinski definition) is 2. The second-order valence-corrected chi connectivity index (χ2v) is 4.60. The molecule has 1 atom stereocenters. The molecule has 1 aliphatic rings. The summed E-state index contributed by atoms with van der Waals surface area (Å²) >= 11 is 0. The van der Waals surface area contributed by atoms with Crippen molar-refractivity contribution in [3.8, 4) is 0 Å². The average Bonchev–Trinajstić information content (AvgIpc) is 2.45. The van der Waals surface area contributed by atoms with Crippen LogP contribution < -0.4 is 11.1 Å². The number of carbonyl (C=O) groups is 1. The van der Waals surface area contributed by atoms with Crippen LogP contribution in [0.1, 0.15) is 58.3 Å². The van der Waals surface area contributed by atoms with Crippen LogP contribution in [0.2, 0.25) is 0 Å². The van der Waals surface area contributed by atoms with Crippen LogP contribution in [0.5, 0.6) is 0 Å². The zero-order chi connectivity index (χ0) is 11.1. The number of nitrogens with one attached hydrogen (secondary N) is 1. The zero-order valence-electron chi connectivity index (χ0n) is 9.80. The summed E-state index contributed by atoms with van der Waals surface area (Å²) in [5.41, 5.74) is 5.38. The summed E-state index contributed by atoms with van der Waals surface area (Å²) in [6, 6.07) is 0.398. The van der Waals surface area contributed by atoms with Gasteiger partial charge in [0.25, 0.3) is 0 Å². The van der Waals surface area contributed by atoms with Crippen LogP contribution in [0.25, 0.3) is 0 Å². The zero-order valence-corrected chi connectivity index (χ0v) is 9.80. The Balaban J connectivity index is 2.37. The molecule has 0 aromatic heterocycles. The molecular weight excluding hydrogens is 188 g/mol. The van der Waals surface area contributed by atoms with Crippen molar-refractivity contribution >= 4 is 5.91 Å². The van der Waals surface area contributed by atoms with Crippen LogP contribution in [0.15, 0.2) is 0 Å². The molecule has 0 aromatic rings. The van der Waals surface area contributed by atoms with E-state index in [4.69, 9.17) is 5.73 Å². The second kappa shape index (κ2) is 6.83. The van der Waals surface area contributed by atoms with E-state index in [2.05, 4.69) is 12.2 Å². The van der Waals surface area contributed by atoms with E-state index >= 15 is 0 Å². The summed E-state index contributed by atoms with van der Waals surface area (Å²) in [4.78, 5) is 11.2. The Morgan fingerprint density at radius 1 is 1.33 bits per heavy atom. The Hall–Kier alpha value is -0.570. The van der Waals surface area contributed by atoms with E-state index in [0.29, 0.717) is 6.04 Å². The lowest BCUT2D eigenvalue weighted by Crippen LogP contribution is -2.46. The number of nitrogens with two attached hydrogens (primary N) is 1. The van der Waals surface area contributed by atoms with E-state index in [9.17, 15) is 4.79 Å². The monoisotopic (exact) mass is 212 g/mol. The summed E-state index contributed by atoms with van der Waals surface area (Å²) < 4.78 is 0. The fourth-order valence-corrected chi connectivity index (χ4v) is 2.33. The molecule has 1 rings (SSSR count). The number of hydrogen-bond donors (Lipinski definition) is 2. The molecule has 0 saturated heterocycles. The van der Waals surface area contributed by atoms with Crippen molar-refractivity contribution in [3.63, 3.8) is 0 Å². The predicted molar refractivity (Wildman–Crippen MR) is 62.5 cm³/mol. The number of primary amides is 1. The number of amides is 1. The third-order valence-electron chi connectivity index (χ3n) is 3.21. The van der Waals surface area contributed by atoms with Crippen molar-refractivity contribution in [1.29, 1.82) is 0 Å². The van der Waals surface area contributed by atoms with E-state index in [-0.39, 0.29) is 11.9 Å². The van der Waals surface area contributed by atoms with Crippen LogP contribution in [0, 0.1) is 0 Å². The molecule has 1 saturated carbocycles. The molecule has 3 N–H and O–H groups in total. The number of rotatable bonds is 5. The Morgan fingerprint density at radius 3 is 2.40 bits per heavy atom. The van der Waals surface area contributed by atoms with Crippen LogP contribution in [0.3, 0.4) is 0 Å². The highest BCUT2D eigenvalue weighted by Gasteiger charge is 2.19. The van der Waals surface area contributed by atoms with E-state index in [0.717, 1.165) is 12.8 Å². The smallest absolute Gasteiger partial charge is 0.234 e. The highest BCUT2D eigenvalue weighted by atomic mass is 16.1. The van der Waals surface area contributed by atoms with Crippen molar-refractivity contribution in [1.82, 2.24) is 5.32 Å². The fourth-order valence-electron chi connectivity index (χ4n) is 2.33. The van der Waals surface area contributed by atoms with Gasteiger partial charge in [-0.15, -0.1) is 0 Å². The molecule has 0 aliphatic heterocycles. The second-order valence-electron chi connectivity index (χ2n) is 4.60. The van der Waals surface area contributed by atoms with Gasteiger partial charge < -0.3 is 11.1 Å². The first kappa shape index (κ1) is 12.5. The van der Waals surface area contributed by atoms with Gasteiger partial charge in [-0.1, -0.05) is 39.0 Å². The van der Waals surface area contributed by atoms with E-state index in [1.165, 1.54) is 38.5 Å². The molecule has 3 heteroatoms. The van der Waals surface area contributed by atoms with Crippen molar-refractivity contribution in [2.45, 2.75) is 70.4 Å². The molecule has 1 unspecified atom stereocenters. The van der Waals surface area contributed by atoms with Crippen LogP contribution in [-0.2, 0) is 4.79 Å². The van der Waals surface area contributed by atoms with Crippen LogP contribution >= 0.6 is 0 Å². The predicted octanol–water partition coefficient (Wildman–Crippen LogP) is 1.95. The quantitative estimate of drug-likeness (QED) is 0.684. The van der Waals surface area contributed by atoms with Gasteiger partial charge in [-0.25, -0.2) is 0 Å². The molecule has 15 heavy (non-hydrogen) atoms. The van der Waals surface area contributed by atoms with Crippen molar-refractivity contribution in [3.05, 3.63) is 0 Å². The Bertz CT molecular complexity index is 186. The average molecular weight is 212 g/mol. The Morgan fingerprint density at radius 2 is 1.93 bits per heavy atom. The molecule has 0 spiro atoms. The molecule has 1 amide bonds. The fraction of sp³-hybridized carbons (Fsp3) is 0.917. The van der Waals surface area contributed by atoms with E-state index in [1.807, 2.05) is 0 Å². The molecule has 88 valence electrons. The maximum absolute atomic E-state index is 11.2.